The van der Waals surface area contributed by atoms with Crippen LogP contribution in [0.25, 0.3) is 0 Å². The molecule has 2 rings (SSSR count). The largest absolute Gasteiger partial charge is 0.495 e. The molecule has 7 nitrogen and oxygen atoms in total. The number of primary sulfonamides is 1. The molecule has 0 amide bonds. The van der Waals surface area contributed by atoms with E-state index in [4.69, 9.17) is 19.3 Å². The van der Waals surface area contributed by atoms with Crippen molar-refractivity contribution in [3.05, 3.63) is 60.7 Å². The summed E-state index contributed by atoms with van der Waals surface area (Å²) in [6, 6.07) is 12.4. The van der Waals surface area contributed by atoms with E-state index >= 15 is 0 Å². The Morgan fingerprint density at radius 3 is 2.41 bits per heavy atom. The van der Waals surface area contributed by atoms with E-state index in [0.717, 1.165) is 5.56 Å². The summed E-state index contributed by atoms with van der Waals surface area (Å²) in [5.41, 5.74) is 0.801. The van der Waals surface area contributed by atoms with Crippen LogP contribution < -0.4 is 24.7 Å². The van der Waals surface area contributed by atoms with Gasteiger partial charge in [0.25, 0.3) is 0 Å². The lowest BCUT2D eigenvalue weighted by Crippen LogP contribution is -2.32. The van der Waals surface area contributed by atoms with Crippen LogP contribution in [-0.2, 0) is 16.4 Å². The van der Waals surface area contributed by atoms with E-state index in [9.17, 15) is 8.42 Å². The number of sulfonamides is 1. The molecule has 3 N–H and O–H groups in total. The van der Waals surface area contributed by atoms with E-state index in [0.29, 0.717) is 37.7 Å². The molecule has 0 spiro atoms. The third-order valence-electron chi connectivity index (χ3n) is 4.19. The van der Waals surface area contributed by atoms with E-state index in [-0.39, 0.29) is 16.7 Å². The van der Waals surface area contributed by atoms with E-state index in [1.54, 1.807) is 18.2 Å². The zero-order valence-corrected chi connectivity index (χ0v) is 17.6. The molecule has 0 bridgehead atoms. The van der Waals surface area contributed by atoms with Gasteiger partial charge in [-0.25, -0.2) is 13.6 Å². The Bertz CT molecular complexity index is 915. The van der Waals surface area contributed by atoms with Gasteiger partial charge in [0.05, 0.1) is 13.7 Å². The van der Waals surface area contributed by atoms with Gasteiger partial charge in [0, 0.05) is 12.6 Å². The maximum absolute atomic E-state index is 11.8. The third-order valence-corrected chi connectivity index (χ3v) is 5.12. The molecule has 0 aliphatic carbocycles. The van der Waals surface area contributed by atoms with Gasteiger partial charge in [-0.1, -0.05) is 24.3 Å². The summed E-state index contributed by atoms with van der Waals surface area (Å²) in [4.78, 5) is -0.0313. The molecular weight excluding hydrogens is 392 g/mol. The van der Waals surface area contributed by atoms with Crippen molar-refractivity contribution in [2.45, 2.75) is 24.3 Å². The Morgan fingerprint density at radius 2 is 1.83 bits per heavy atom. The van der Waals surface area contributed by atoms with Crippen molar-refractivity contribution < 1.29 is 22.6 Å². The molecule has 2 aromatic rings. The molecule has 0 saturated heterocycles. The van der Waals surface area contributed by atoms with Crippen LogP contribution in [0.1, 0.15) is 12.5 Å². The molecule has 29 heavy (non-hydrogen) atoms. The Labute approximate surface area is 172 Å². The van der Waals surface area contributed by atoms with Gasteiger partial charge in [0.15, 0.2) is 11.5 Å². The number of nitrogens with one attached hydrogen (secondary N) is 1. The number of methoxy groups -OCH3 is 1. The van der Waals surface area contributed by atoms with Crippen molar-refractivity contribution in [2.75, 3.05) is 26.9 Å². The first kappa shape index (κ1) is 22.7. The van der Waals surface area contributed by atoms with Crippen molar-refractivity contribution in [1.82, 2.24) is 5.32 Å². The minimum atomic E-state index is -3.87. The SMILES string of the molecule is C=C[C@H](Cc1ccc(OC)c(S(N)(=O)=O)c1)NCCOc1ccccc1OCC. The summed E-state index contributed by atoms with van der Waals surface area (Å²) in [7, 11) is -2.47. The van der Waals surface area contributed by atoms with Gasteiger partial charge in [-0.2, -0.15) is 0 Å². The van der Waals surface area contributed by atoms with Gasteiger partial charge in [-0.05, 0) is 43.2 Å². The topological polar surface area (TPSA) is 99.9 Å². The number of hydrogen-bond acceptors (Lipinski definition) is 6. The number of ether oxygens (including phenoxy) is 3. The maximum Gasteiger partial charge on any atom is 0.241 e. The molecule has 0 aliphatic heterocycles. The molecular formula is C21H28N2O5S. The first-order chi connectivity index (χ1) is 13.9. The van der Waals surface area contributed by atoms with Crippen molar-refractivity contribution in [1.29, 1.82) is 0 Å². The first-order valence-electron chi connectivity index (χ1n) is 9.29. The van der Waals surface area contributed by atoms with Crippen LogP contribution >= 0.6 is 0 Å². The fraction of sp³-hybridized carbons (Fsp3) is 0.333. The highest BCUT2D eigenvalue weighted by atomic mass is 32.2. The number of rotatable bonds is 12. The summed E-state index contributed by atoms with van der Waals surface area (Å²) in [6.45, 7) is 7.36. The van der Waals surface area contributed by atoms with Crippen LogP contribution in [0.15, 0.2) is 60.0 Å². The standard InChI is InChI=1S/C21H28N2O5S/c1-4-17(14-16-10-11-20(26-3)21(15-16)29(22,24)25)23-12-13-28-19-9-7-6-8-18(19)27-5-2/h4,6-11,15,17,23H,1,5,12-14H2,2-3H3,(H2,22,24,25)/t17-/m1/s1. The number of para-hydroxylation sites is 2. The molecule has 0 saturated carbocycles. The highest BCUT2D eigenvalue weighted by Gasteiger charge is 2.16. The van der Waals surface area contributed by atoms with E-state index in [1.165, 1.54) is 13.2 Å². The Kier molecular flexibility index (Phi) is 8.50. The number of benzene rings is 2. The zero-order valence-electron chi connectivity index (χ0n) is 16.8. The van der Waals surface area contributed by atoms with Crippen LogP contribution in [0.5, 0.6) is 17.2 Å². The van der Waals surface area contributed by atoms with Crippen LogP contribution in [-0.4, -0.2) is 41.3 Å². The van der Waals surface area contributed by atoms with Crippen LogP contribution in [0, 0.1) is 0 Å². The van der Waals surface area contributed by atoms with Crippen molar-refractivity contribution >= 4 is 10.0 Å². The third kappa shape index (κ3) is 6.77. The minimum Gasteiger partial charge on any atom is -0.495 e. The quantitative estimate of drug-likeness (QED) is 0.404. The summed E-state index contributed by atoms with van der Waals surface area (Å²) < 4.78 is 40.0. The van der Waals surface area contributed by atoms with Gasteiger partial charge in [0.1, 0.15) is 17.3 Å². The van der Waals surface area contributed by atoms with Gasteiger partial charge in [0.2, 0.25) is 10.0 Å². The minimum absolute atomic E-state index is 0.0313. The zero-order chi connectivity index (χ0) is 21.3. The van der Waals surface area contributed by atoms with Crippen LogP contribution in [0.3, 0.4) is 0 Å². The molecule has 0 heterocycles. The monoisotopic (exact) mass is 420 g/mol. The first-order valence-corrected chi connectivity index (χ1v) is 10.8. The van der Waals surface area contributed by atoms with Gasteiger partial charge in [-0.3, -0.25) is 0 Å². The summed E-state index contributed by atoms with van der Waals surface area (Å²) >= 11 is 0. The average molecular weight is 421 g/mol. The summed E-state index contributed by atoms with van der Waals surface area (Å²) in [5.74, 6) is 1.63. The molecule has 0 aliphatic rings. The highest BCUT2D eigenvalue weighted by molar-refractivity contribution is 7.89. The maximum atomic E-state index is 11.8. The predicted molar refractivity (Wildman–Crippen MR) is 113 cm³/mol. The van der Waals surface area contributed by atoms with Crippen LogP contribution in [0.4, 0.5) is 0 Å². The number of hydrogen-bond donors (Lipinski definition) is 2. The molecule has 0 aromatic heterocycles. The Morgan fingerprint density at radius 1 is 1.14 bits per heavy atom. The smallest absolute Gasteiger partial charge is 0.241 e. The van der Waals surface area contributed by atoms with Crippen molar-refractivity contribution in [3.63, 3.8) is 0 Å². The average Bonchev–Trinajstić information content (AvgIpc) is 2.70. The fourth-order valence-corrected chi connectivity index (χ4v) is 3.56. The molecule has 0 radical (unpaired) electrons. The van der Waals surface area contributed by atoms with E-state index < -0.39 is 10.0 Å². The molecule has 158 valence electrons. The lowest BCUT2D eigenvalue weighted by molar-refractivity contribution is 0.274. The summed E-state index contributed by atoms with van der Waals surface area (Å²) in [6.07, 6.45) is 2.32. The predicted octanol–water partition coefficient (Wildman–Crippen LogP) is 2.51. The second-order valence-electron chi connectivity index (χ2n) is 6.26. The van der Waals surface area contributed by atoms with Crippen molar-refractivity contribution in [3.8, 4) is 17.2 Å². The Balaban J connectivity index is 1.94. The van der Waals surface area contributed by atoms with E-state index in [1.807, 2.05) is 31.2 Å². The lowest BCUT2D eigenvalue weighted by atomic mass is 10.1. The van der Waals surface area contributed by atoms with Crippen molar-refractivity contribution in [2.24, 2.45) is 5.14 Å². The second-order valence-corrected chi connectivity index (χ2v) is 7.79. The molecule has 2 aromatic carbocycles. The lowest BCUT2D eigenvalue weighted by Gasteiger charge is -2.17. The summed E-state index contributed by atoms with van der Waals surface area (Å²) in [5, 5.41) is 8.61. The highest BCUT2D eigenvalue weighted by Crippen LogP contribution is 2.26. The molecule has 8 heteroatoms. The van der Waals surface area contributed by atoms with Gasteiger partial charge in [-0.15, -0.1) is 6.58 Å². The normalized spacial score (nSPS) is 12.2. The van der Waals surface area contributed by atoms with E-state index in [2.05, 4.69) is 11.9 Å². The molecule has 1 atom stereocenters. The molecule has 0 fully saturated rings. The number of nitrogens with two attached hydrogens (primary N) is 1. The van der Waals surface area contributed by atoms with Gasteiger partial charge < -0.3 is 19.5 Å². The van der Waals surface area contributed by atoms with Gasteiger partial charge >= 0.3 is 0 Å². The second kappa shape index (κ2) is 10.8. The Hall–Kier alpha value is -2.55. The fourth-order valence-electron chi connectivity index (χ4n) is 2.81. The molecule has 0 unspecified atom stereocenters. The van der Waals surface area contributed by atoms with Crippen LogP contribution in [0.2, 0.25) is 0 Å².